The summed E-state index contributed by atoms with van der Waals surface area (Å²) in [6, 6.07) is 14.3. The third-order valence-electron chi connectivity index (χ3n) is 5.49. The minimum absolute atomic E-state index is 0.271. The number of thioether (sulfide) groups is 1. The second-order valence-corrected chi connectivity index (χ2v) is 11.2. The standard InChI is InChI=1S/C27H21Cl2IN2O5S/c1-14-4-6-17(11-19(14)28)31-27-32(18-7-5-15(2)20(29)12-18)26(35)23(38-27)10-16-8-21(30)25(22(9-16)36-3)37-13-24(33)34/h4-12H,13H2,1-3H3,(H,33,34)/b23-10+,31-27?. The van der Waals surface area contributed by atoms with Crippen LogP contribution in [0.2, 0.25) is 10.0 Å². The summed E-state index contributed by atoms with van der Waals surface area (Å²) in [5.41, 5.74) is 3.68. The Labute approximate surface area is 247 Å². The molecule has 1 fully saturated rings. The first-order valence-electron chi connectivity index (χ1n) is 11.1. The van der Waals surface area contributed by atoms with E-state index in [2.05, 4.69) is 0 Å². The molecule has 1 aliphatic heterocycles. The zero-order valence-corrected chi connectivity index (χ0v) is 24.9. The quantitative estimate of drug-likeness (QED) is 0.205. The molecule has 0 unspecified atom stereocenters. The Morgan fingerprint density at radius 2 is 1.79 bits per heavy atom. The number of halogens is 3. The third-order valence-corrected chi connectivity index (χ3v) is 8.07. The van der Waals surface area contributed by atoms with Gasteiger partial charge < -0.3 is 14.6 Å². The van der Waals surface area contributed by atoms with Gasteiger partial charge in [0.05, 0.1) is 27.0 Å². The smallest absolute Gasteiger partial charge is 0.341 e. The molecule has 0 saturated carbocycles. The summed E-state index contributed by atoms with van der Waals surface area (Å²) in [7, 11) is 1.46. The van der Waals surface area contributed by atoms with E-state index in [0.29, 0.717) is 52.1 Å². The molecule has 0 spiro atoms. The molecule has 0 aliphatic carbocycles. The molecule has 1 heterocycles. The van der Waals surface area contributed by atoms with Gasteiger partial charge in [0.15, 0.2) is 23.3 Å². The van der Waals surface area contributed by atoms with Gasteiger partial charge in [0.1, 0.15) is 0 Å². The zero-order valence-electron chi connectivity index (χ0n) is 20.4. The monoisotopic (exact) mass is 682 g/mol. The van der Waals surface area contributed by atoms with Gasteiger partial charge in [0, 0.05) is 10.0 Å². The molecule has 7 nitrogen and oxygen atoms in total. The second-order valence-electron chi connectivity index (χ2n) is 8.23. The van der Waals surface area contributed by atoms with Gasteiger partial charge in [-0.25, -0.2) is 9.79 Å². The fourth-order valence-corrected chi connectivity index (χ4v) is 5.64. The van der Waals surface area contributed by atoms with Crippen LogP contribution < -0.4 is 14.4 Å². The van der Waals surface area contributed by atoms with Crippen molar-refractivity contribution < 1.29 is 24.2 Å². The number of rotatable bonds is 7. The van der Waals surface area contributed by atoms with Crippen molar-refractivity contribution in [1.29, 1.82) is 0 Å². The van der Waals surface area contributed by atoms with Crippen molar-refractivity contribution in [3.8, 4) is 11.5 Å². The molecule has 1 saturated heterocycles. The van der Waals surface area contributed by atoms with Crippen LogP contribution in [0.4, 0.5) is 11.4 Å². The normalized spacial score (nSPS) is 15.4. The number of amides is 1. The third kappa shape index (κ3) is 6.28. The number of nitrogens with zero attached hydrogens (tertiary/aromatic N) is 2. The Balaban J connectivity index is 1.77. The second kappa shape index (κ2) is 12.0. The van der Waals surface area contributed by atoms with Crippen LogP contribution in [0.1, 0.15) is 16.7 Å². The van der Waals surface area contributed by atoms with Crippen molar-refractivity contribution in [1.82, 2.24) is 0 Å². The van der Waals surface area contributed by atoms with Crippen LogP contribution >= 0.6 is 57.6 Å². The van der Waals surface area contributed by atoms with E-state index >= 15 is 0 Å². The summed E-state index contributed by atoms with van der Waals surface area (Å²) in [6.45, 7) is 3.29. The van der Waals surface area contributed by atoms with Gasteiger partial charge in [0.2, 0.25) is 0 Å². The van der Waals surface area contributed by atoms with E-state index in [1.54, 1.807) is 30.3 Å². The average Bonchev–Trinajstić information content (AvgIpc) is 3.16. The van der Waals surface area contributed by atoms with Crippen molar-refractivity contribution in [2.75, 3.05) is 18.6 Å². The molecule has 1 aliphatic rings. The van der Waals surface area contributed by atoms with Crippen molar-refractivity contribution >= 4 is 92.0 Å². The van der Waals surface area contributed by atoms with Crippen LogP contribution in [0, 0.1) is 17.4 Å². The number of amidine groups is 1. The Kier molecular flexibility index (Phi) is 8.92. The number of carbonyl (C=O) groups is 2. The van der Waals surface area contributed by atoms with Gasteiger partial charge in [-0.1, -0.05) is 35.3 Å². The van der Waals surface area contributed by atoms with Gasteiger partial charge >= 0.3 is 5.97 Å². The lowest BCUT2D eigenvalue weighted by molar-refractivity contribution is -0.139. The summed E-state index contributed by atoms with van der Waals surface area (Å²) in [5, 5.41) is 10.5. The van der Waals surface area contributed by atoms with Crippen molar-refractivity contribution in [2.24, 2.45) is 4.99 Å². The Hall–Kier alpha value is -2.73. The van der Waals surface area contributed by atoms with Crippen molar-refractivity contribution in [2.45, 2.75) is 13.8 Å². The first-order chi connectivity index (χ1) is 18.1. The molecular weight excluding hydrogens is 662 g/mol. The fourth-order valence-electron chi connectivity index (χ4n) is 3.51. The predicted octanol–water partition coefficient (Wildman–Crippen LogP) is 7.50. The van der Waals surface area contributed by atoms with Crippen molar-refractivity contribution in [3.63, 3.8) is 0 Å². The van der Waals surface area contributed by atoms with Crippen LogP contribution in [0.5, 0.6) is 11.5 Å². The lowest BCUT2D eigenvalue weighted by Crippen LogP contribution is -2.28. The molecule has 0 atom stereocenters. The number of carboxylic acids is 1. The highest BCUT2D eigenvalue weighted by Gasteiger charge is 2.35. The van der Waals surface area contributed by atoms with Crippen LogP contribution in [-0.4, -0.2) is 35.9 Å². The van der Waals surface area contributed by atoms with Gasteiger partial charge in [-0.3, -0.25) is 9.69 Å². The molecule has 11 heteroatoms. The lowest BCUT2D eigenvalue weighted by Gasteiger charge is -2.16. The average molecular weight is 683 g/mol. The summed E-state index contributed by atoms with van der Waals surface area (Å²) in [4.78, 5) is 31.3. The maximum atomic E-state index is 13.7. The zero-order chi connectivity index (χ0) is 27.6. The highest BCUT2D eigenvalue weighted by Crippen LogP contribution is 2.40. The number of hydrogen-bond acceptors (Lipinski definition) is 6. The molecule has 196 valence electrons. The minimum Gasteiger partial charge on any atom is -0.493 e. The van der Waals surface area contributed by atoms with E-state index in [1.165, 1.54) is 23.8 Å². The molecule has 3 aromatic rings. The van der Waals surface area contributed by atoms with Gasteiger partial charge in [-0.2, -0.15) is 0 Å². The maximum absolute atomic E-state index is 13.7. The molecule has 0 bridgehead atoms. The summed E-state index contributed by atoms with van der Waals surface area (Å²) >= 11 is 16.0. The number of aliphatic imine (C=N–C) groups is 1. The minimum atomic E-state index is -1.10. The van der Waals surface area contributed by atoms with E-state index in [1.807, 2.05) is 60.7 Å². The topological polar surface area (TPSA) is 88.4 Å². The van der Waals surface area contributed by atoms with E-state index in [-0.39, 0.29) is 5.91 Å². The summed E-state index contributed by atoms with van der Waals surface area (Å²) in [5.74, 6) is -0.699. The fraction of sp³-hybridized carbons (Fsp3) is 0.148. The van der Waals surface area contributed by atoms with Gasteiger partial charge in [-0.15, -0.1) is 0 Å². The molecule has 3 aromatic carbocycles. The number of benzene rings is 3. The first-order valence-corrected chi connectivity index (χ1v) is 13.8. The maximum Gasteiger partial charge on any atom is 0.341 e. The van der Waals surface area contributed by atoms with Crippen molar-refractivity contribution in [3.05, 3.63) is 83.7 Å². The lowest BCUT2D eigenvalue weighted by atomic mass is 10.1. The summed E-state index contributed by atoms with van der Waals surface area (Å²) < 4.78 is 11.4. The number of aliphatic carboxylic acids is 1. The number of hydrogen-bond donors (Lipinski definition) is 1. The Morgan fingerprint density at radius 1 is 1.11 bits per heavy atom. The largest absolute Gasteiger partial charge is 0.493 e. The van der Waals surface area contributed by atoms with Crippen LogP contribution in [0.3, 0.4) is 0 Å². The SMILES string of the molecule is COc1cc(/C=C2/SC(=Nc3ccc(C)c(Cl)c3)N(c3ccc(C)c(Cl)c3)C2=O)cc(I)c1OCC(=O)O. The molecule has 0 radical (unpaired) electrons. The Morgan fingerprint density at radius 3 is 2.42 bits per heavy atom. The first kappa shape index (κ1) is 28.3. The predicted molar refractivity (Wildman–Crippen MR) is 161 cm³/mol. The number of methoxy groups -OCH3 is 1. The number of aryl methyl sites for hydroxylation is 2. The Bertz CT molecular complexity index is 1510. The molecule has 1 N–H and O–H groups in total. The van der Waals surface area contributed by atoms with E-state index in [4.69, 9.17) is 42.8 Å². The van der Waals surface area contributed by atoms with Crippen LogP contribution in [0.25, 0.3) is 6.08 Å². The molecule has 1 amide bonds. The highest BCUT2D eigenvalue weighted by atomic mass is 127. The molecular formula is C27H21Cl2IN2O5S. The van der Waals surface area contributed by atoms with Crippen LogP contribution in [0.15, 0.2) is 58.4 Å². The number of carbonyl (C=O) groups excluding carboxylic acids is 1. The molecule has 0 aromatic heterocycles. The summed E-state index contributed by atoms with van der Waals surface area (Å²) in [6.07, 6.45) is 1.73. The van der Waals surface area contributed by atoms with Gasteiger partial charge in [-0.05, 0) is 107 Å². The van der Waals surface area contributed by atoms with E-state index in [0.717, 1.165) is 11.1 Å². The molecule has 4 rings (SSSR count). The highest BCUT2D eigenvalue weighted by molar-refractivity contribution is 14.1. The number of ether oxygens (including phenoxy) is 2. The number of carboxylic acid groups (broad SMARTS) is 1. The van der Waals surface area contributed by atoms with E-state index in [9.17, 15) is 9.59 Å². The molecule has 38 heavy (non-hydrogen) atoms. The van der Waals surface area contributed by atoms with Gasteiger partial charge in [0.25, 0.3) is 5.91 Å². The number of anilines is 1. The van der Waals surface area contributed by atoms with E-state index < -0.39 is 12.6 Å². The van der Waals surface area contributed by atoms with Crippen LogP contribution in [-0.2, 0) is 9.59 Å².